The number of benzene rings is 1. The largest absolute Gasteiger partial charge is 0.441 e. The van der Waals surface area contributed by atoms with Gasteiger partial charge in [-0.2, -0.15) is 0 Å². The van der Waals surface area contributed by atoms with Gasteiger partial charge in [-0.3, -0.25) is 9.59 Å². The van der Waals surface area contributed by atoms with E-state index in [1.807, 2.05) is 17.5 Å². The molecule has 0 aliphatic carbocycles. The van der Waals surface area contributed by atoms with Crippen molar-refractivity contribution in [2.75, 3.05) is 26.2 Å². The molecule has 0 spiro atoms. The van der Waals surface area contributed by atoms with Gasteiger partial charge >= 0.3 is 0 Å². The zero-order valence-electron chi connectivity index (χ0n) is 13.8. The smallest absolute Gasteiger partial charge is 0.264 e. The van der Waals surface area contributed by atoms with E-state index in [0.717, 1.165) is 4.88 Å². The number of rotatable bonds is 2. The topological polar surface area (TPSA) is 66.7 Å². The van der Waals surface area contributed by atoms with Gasteiger partial charge in [0.05, 0.1) is 4.88 Å². The summed E-state index contributed by atoms with van der Waals surface area (Å²) in [5, 5.41) is 1.90. The first-order chi connectivity index (χ1) is 12.1. The summed E-state index contributed by atoms with van der Waals surface area (Å²) in [4.78, 5) is 33.7. The Balaban J connectivity index is 1.44. The Morgan fingerprint density at radius 2 is 1.80 bits per heavy atom. The average Bonchev–Trinajstić information content (AvgIpc) is 3.28. The highest BCUT2D eigenvalue weighted by Gasteiger charge is 2.26. The standard InChI is InChI=1S/C18H17N3O3S/c1-12-19-14-11-13(4-5-15(14)24-12)17(22)20-6-8-21(9-7-20)18(23)16-3-2-10-25-16/h2-5,10-11H,6-9H2,1H3. The van der Waals surface area contributed by atoms with Gasteiger partial charge in [0.2, 0.25) is 0 Å². The molecule has 25 heavy (non-hydrogen) atoms. The molecule has 0 bridgehead atoms. The van der Waals surface area contributed by atoms with Gasteiger partial charge in [0.1, 0.15) is 5.52 Å². The molecule has 7 heteroatoms. The molecule has 0 unspecified atom stereocenters. The number of hydrogen-bond donors (Lipinski definition) is 0. The lowest BCUT2D eigenvalue weighted by Crippen LogP contribution is -2.50. The molecule has 0 atom stereocenters. The molecule has 1 aliphatic rings. The van der Waals surface area contributed by atoms with E-state index in [0.29, 0.717) is 48.7 Å². The van der Waals surface area contributed by atoms with Crippen LogP contribution < -0.4 is 0 Å². The molecule has 0 N–H and O–H groups in total. The van der Waals surface area contributed by atoms with Gasteiger partial charge in [-0.05, 0) is 29.6 Å². The molecule has 6 nitrogen and oxygen atoms in total. The molecule has 4 rings (SSSR count). The minimum absolute atomic E-state index is 0.0363. The summed E-state index contributed by atoms with van der Waals surface area (Å²) in [6.45, 7) is 3.95. The lowest BCUT2D eigenvalue weighted by atomic mass is 10.1. The van der Waals surface area contributed by atoms with Crippen molar-refractivity contribution in [1.29, 1.82) is 0 Å². The molecular weight excluding hydrogens is 338 g/mol. The van der Waals surface area contributed by atoms with Crippen LogP contribution in [0.25, 0.3) is 11.1 Å². The first-order valence-corrected chi connectivity index (χ1v) is 8.99. The fraction of sp³-hybridized carbons (Fsp3) is 0.278. The Bertz CT molecular complexity index is 924. The van der Waals surface area contributed by atoms with Crippen molar-refractivity contribution in [3.63, 3.8) is 0 Å². The van der Waals surface area contributed by atoms with Crippen LogP contribution in [0.3, 0.4) is 0 Å². The quantitative estimate of drug-likeness (QED) is 0.709. The Kier molecular flexibility index (Phi) is 4.01. The summed E-state index contributed by atoms with van der Waals surface area (Å²) in [6, 6.07) is 9.01. The lowest BCUT2D eigenvalue weighted by Gasteiger charge is -2.34. The van der Waals surface area contributed by atoms with E-state index in [-0.39, 0.29) is 11.8 Å². The molecule has 1 aliphatic heterocycles. The lowest BCUT2D eigenvalue weighted by molar-refractivity contribution is 0.0538. The van der Waals surface area contributed by atoms with E-state index in [4.69, 9.17) is 4.42 Å². The maximum absolute atomic E-state index is 12.7. The normalized spacial score (nSPS) is 14.9. The zero-order chi connectivity index (χ0) is 17.4. The van der Waals surface area contributed by atoms with Gasteiger partial charge < -0.3 is 14.2 Å². The van der Waals surface area contributed by atoms with E-state index in [9.17, 15) is 9.59 Å². The number of aryl methyl sites for hydroxylation is 1. The van der Waals surface area contributed by atoms with Crippen LogP contribution in [0.2, 0.25) is 0 Å². The summed E-state index contributed by atoms with van der Waals surface area (Å²) in [5.74, 6) is 0.590. The number of thiophene rings is 1. The molecule has 3 heterocycles. The van der Waals surface area contributed by atoms with Crippen LogP contribution in [-0.4, -0.2) is 52.8 Å². The molecular formula is C18H17N3O3S. The predicted molar refractivity (Wildman–Crippen MR) is 94.9 cm³/mol. The van der Waals surface area contributed by atoms with Gasteiger partial charge in [-0.1, -0.05) is 6.07 Å². The van der Waals surface area contributed by atoms with E-state index in [1.54, 1.807) is 34.9 Å². The third kappa shape index (κ3) is 3.02. The molecule has 0 saturated carbocycles. The van der Waals surface area contributed by atoms with Crippen molar-refractivity contribution in [1.82, 2.24) is 14.8 Å². The summed E-state index contributed by atoms with van der Waals surface area (Å²) in [6.07, 6.45) is 0. The zero-order valence-corrected chi connectivity index (χ0v) is 14.6. The van der Waals surface area contributed by atoms with Crippen molar-refractivity contribution >= 4 is 34.3 Å². The van der Waals surface area contributed by atoms with E-state index in [1.165, 1.54) is 11.3 Å². The Morgan fingerprint density at radius 1 is 1.08 bits per heavy atom. The SMILES string of the molecule is Cc1nc2cc(C(=O)N3CCN(C(=O)c4cccs4)CC3)ccc2o1. The highest BCUT2D eigenvalue weighted by atomic mass is 32.1. The number of carbonyl (C=O) groups excluding carboxylic acids is 2. The van der Waals surface area contributed by atoms with Gasteiger partial charge in [0, 0.05) is 38.7 Å². The van der Waals surface area contributed by atoms with Crippen molar-refractivity contribution < 1.29 is 14.0 Å². The first kappa shape index (κ1) is 15.8. The molecule has 1 aromatic carbocycles. The predicted octanol–water partition coefficient (Wildman–Crippen LogP) is 2.80. The Morgan fingerprint density at radius 3 is 2.48 bits per heavy atom. The monoisotopic (exact) mass is 355 g/mol. The minimum Gasteiger partial charge on any atom is -0.441 e. The van der Waals surface area contributed by atoms with Crippen LogP contribution in [0.5, 0.6) is 0 Å². The second kappa shape index (κ2) is 6.33. The third-order valence-corrected chi connectivity index (χ3v) is 5.19. The highest BCUT2D eigenvalue weighted by molar-refractivity contribution is 7.12. The second-order valence-corrected chi connectivity index (χ2v) is 6.92. The fourth-order valence-corrected chi connectivity index (χ4v) is 3.72. The molecule has 2 amide bonds. The van der Waals surface area contributed by atoms with Crippen LogP contribution in [-0.2, 0) is 0 Å². The number of oxazole rings is 1. The maximum Gasteiger partial charge on any atom is 0.264 e. The number of hydrogen-bond acceptors (Lipinski definition) is 5. The van der Waals surface area contributed by atoms with Crippen molar-refractivity contribution in [2.24, 2.45) is 0 Å². The van der Waals surface area contributed by atoms with E-state index < -0.39 is 0 Å². The second-order valence-electron chi connectivity index (χ2n) is 5.98. The summed E-state index contributed by atoms with van der Waals surface area (Å²) in [7, 11) is 0. The number of fused-ring (bicyclic) bond motifs is 1. The number of aromatic nitrogens is 1. The summed E-state index contributed by atoms with van der Waals surface area (Å²) in [5.41, 5.74) is 1.97. The van der Waals surface area contributed by atoms with Gasteiger partial charge in [0.25, 0.3) is 11.8 Å². The molecule has 128 valence electrons. The van der Waals surface area contributed by atoms with Gasteiger partial charge in [0.15, 0.2) is 11.5 Å². The van der Waals surface area contributed by atoms with Crippen molar-refractivity contribution in [3.05, 3.63) is 52.0 Å². The molecule has 1 fully saturated rings. The average molecular weight is 355 g/mol. The molecule has 3 aromatic rings. The molecule has 2 aromatic heterocycles. The van der Waals surface area contributed by atoms with Crippen LogP contribution in [0.1, 0.15) is 25.9 Å². The van der Waals surface area contributed by atoms with E-state index >= 15 is 0 Å². The maximum atomic E-state index is 12.7. The summed E-state index contributed by atoms with van der Waals surface area (Å²) >= 11 is 1.44. The Hall–Kier alpha value is -2.67. The highest BCUT2D eigenvalue weighted by Crippen LogP contribution is 2.19. The summed E-state index contributed by atoms with van der Waals surface area (Å²) < 4.78 is 5.44. The minimum atomic E-state index is -0.0363. The number of nitrogens with zero attached hydrogens (tertiary/aromatic N) is 3. The number of carbonyl (C=O) groups is 2. The Labute approximate surface area is 148 Å². The van der Waals surface area contributed by atoms with Crippen LogP contribution in [0.15, 0.2) is 40.1 Å². The van der Waals surface area contributed by atoms with E-state index in [2.05, 4.69) is 4.98 Å². The number of amides is 2. The first-order valence-electron chi connectivity index (χ1n) is 8.11. The van der Waals surface area contributed by atoms with Crippen LogP contribution >= 0.6 is 11.3 Å². The van der Waals surface area contributed by atoms with Crippen LogP contribution in [0.4, 0.5) is 0 Å². The van der Waals surface area contributed by atoms with Crippen LogP contribution in [0, 0.1) is 6.92 Å². The molecule has 0 radical (unpaired) electrons. The van der Waals surface area contributed by atoms with Crippen molar-refractivity contribution in [3.8, 4) is 0 Å². The van der Waals surface area contributed by atoms with Gasteiger partial charge in [-0.15, -0.1) is 11.3 Å². The fourth-order valence-electron chi connectivity index (χ4n) is 3.03. The molecule has 1 saturated heterocycles. The van der Waals surface area contributed by atoms with Gasteiger partial charge in [-0.25, -0.2) is 4.98 Å². The van der Waals surface area contributed by atoms with Crippen molar-refractivity contribution in [2.45, 2.75) is 6.92 Å². The number of piperazine rings is 1. The third-order valence-electron chi connectivity index (χ3n) is 4.33.